The number of aliphatic hydroxyl groups is 1. The van der Waals surface area contributed by atoms with Crippen LogP contribution < -0.4 is 5.32 Å². The third kappa shape index (κ3) is 4.54. The number of aliphatic hydroxyl groups excluding tert-OH is 1. The van der Waals surface area contributed by atoms with Crippen LogP contribution in [0.2, 0.25) is 18.1 Å². The minimum absolute atomic E-state index is 0.107. The second-order valence-corrected chi connectivity index (χ2v) is 14.3. The van der Waals surface area contributed by atoms with Crippen LogP contribution in [0.5, 0.6) is 0 Å². The molecule has 1 aromatic carbocycles. The molecule has 1 fully saturated rings. The highest BCUT2D eigenvalue weighted by Gasteiger charge is 2.48. The van der Waals surface area contributed by atoms with Gasteiger partial charge in [-0.3, -0.25) is 4.98 Å². The van der Waals surface area contributed by atoms with Gasteiger partial charge in [-0.2, -0.15) is 0 Å². The predicted octanol–water partition coefficient (Wildman–Crippen LogP) is 4.48. The van der Waals surface area contributed by atoms with Crippen molar-refractivity contribution >= 4 is 8.32 Å². The highest BCUT2D eigenvalue weighted by atomic mass is 28.4. The van der Waals surface area contributed by atoms with E-state index >= 15 is 0 Å². The molecule has 5 heteroatoms. The molecule has 28 heavy (non-hydrogen) atoms. The zero-order valence-electron chi connectivity index (χ0n) is 17.8. The minimum Gasteiger partial charge on any atom is -0.413 e. The maximum absolute atomic E-state index is 11.4. The van der Waals surface area contributed by atoms with Crippen molar-refractivity contribution in [2.24, 2.45) is 0 Å². The zero-order chi connectivity index (χ0) is 20.4. The van der Waals surface area contributed by atoms with E-state index in [1.54, 1.807) is 12.4 Å². The average Bonchev–Trinajstić information content (AvgIpc) is 3.04. The van der Waals surface area contributed by atoms with Crippen molar-refractivity contribution in [2.75, 3.05) is 6.54 Å². The van der Waals surface area contributed by atoms with Gasteiger partial charge in [0.15, 0.2) is 8.32 Å². The number of rotatable bonds is 6. The van der Waals surface area contributed by atoms with Crippen LogP contribution in [0.15, 0.2) is 54.9 Å². The Labute approximate surface area is 170 Å². The summed E-state index contributed by atoms with van der Waals surface area (Å²) in [6, 6.07) is 14.2. The van der Waals surface area contributed by atoms with Gasteiger partial charge in [0.25, 0.3) is 0 Å². The maximum Gasteiger partial charge on any atom is 0.192 e. The van der Waals surface area contributed by atoms with Gasteiger partial charge >= 0.3 is 0 Å². The summed E-state index contributed by atoms with van der Waals surface area (Å²) >= 11 is 0. The van der Waals surface area contributed by atoms with Crippen LogP contribution in [0, 0.1) is 0 Å². The molecule has 2 N–H and O–H groups in total. The van der Waals surface area contributed by atoms with E-state index in [9.17, 15) is 5.11 Å². The Morgan fingerprint density at radius 2 is 1.93 bits per heavy atom. The highest BCUT2D eigenvalue weighted by Crippen LogP contribution is 2.42. The first kappa shape index (κ1) is 21.2. The van der Waals surface area contributed by atoms with Crippen LogP contribution in [0.3, 0.4) is 0 Å². The Morgan fingerprint density at radius 3 is 2.54 bits per heavy atom. The van der Waals surface area contributed by atoms with Crippen LogP contribution in [-0.4, -0.2) is 36.6 Å². The molecule has 152 valence electrons. The smallest absolute Gasteiger partial charge is 0.192 e. The number of aromatic nitrogens is 1. The van der Waals surface area contributed by atoms with E-state index in [2.05, 4.69) is 68.4 Å². The average molecular weight is 399 g/mol. The topological polar surface area (TPSA) is 54.4 Å². The van der Waals surface area contributed by atoms with Gasteiger partial charge < -0.3 is 14.8 Å². The van der Waals surface area contributed by atoms with Crippen LogP contribution >= 0.6 is 0 Å². The summed E-state index contributed by atoms with van der Waals surface area (Å²) in [4.78, 5) is 4.21. The molecular formula is C23H34N2O2Si. The lowest BCUT2D eigenvalue weighted by molar-refractivity contribution is 0.0613. The second kappa shape index (κ2) is 8.07. The predicted molar refractivity (Wildman–Crippen MR) is 117 cm³/mol. The first-order chi connectivity index (χ1) is 13.1. The lowest BCUT2D eigenvalue weighted by Crippen LogP contribution is -2.47. The number of hydrogen-bond donors (Lipinski definition) is 2. The van der Waals surface area contributed by atoms with Crippen LogP contribution in [0.25, 0.3) is 0 Å². The van der Waals surface area contributed by atoms with Gasteiger partial charge in [0.2, 0.25) is 0 Å². The molecule has 1 saturated heterocycles. The van der Waals surface area contributed by atoms with Gasteiger partial charge in [0.05, 0.1) is 17.7 Å². The SMILES string of the molecule is CC(C)(C)[Si](C)(C)O[C@H]1CN[C@](Cc2ccccc2)(C(O)c2cccnc2)C1. The molecule has 0 radical (unpaired) electrons. The number of benzene rings is 1. The van der Waals surface area contributed by atoms with Gasteiger partial charge in [-0.05, 0) is 42.6 Å². The first-order valence-electron chi connectivity index (χ1n) is 10.2. The molecule has 1 aromatic heterocycles. The Balaban J connectivity index is 1.86. The number of hydrogen-bond acceptors (Lipinski definition) is 4. The standard InChI is InChI=1S/C23H34N2O2Si/c1-22(2,3)28(4,5)27-20-15-23(25-17-20,14-18-10-7-6-8-11-18)21(26)19-12-9-13-24-16-19/h6-13,16,20-21,25-26H,14-15,17H2,1-5H3/t20-,21?,23+/m1/s1. The number of nitrogens with one attached hydrogen (secondary N) is 1. The molecule has 0 amide bonds. The third-order valence-electron chi connectivity index (χ3n) is 6.43. The summed E-state index contributed by atoms with van der Waals surface area (Å²) < 4.78 is 6.69. The van der Waals surface area contributed by atoms with E-state index in [0.29, 0.717) is 0 Å². The van der Waals surface area contributed by atoms with Gasteiger partial charge in [-0.15, -0.1) is 0 Å². The molecule has 1 aliphatic rings. The summed E-state index contributed by atoms with van der Waals surface area (Å²) in [5, 5.41) is 15.2. The molecule has 1 unspecified atom stereocenters. The van der Waals surface area contributed by atoms with Crippen LogP contribution in [0.1, 0.15) is 44.4 Å². The van der Waals surface area contributed by atoms with E-state index in [4.69, 9.17) is 4.43 Å². The molecular weight excluding hydrogens is 364 g/mol. The number of pyridine rings is 1. The summed E-state index contributed by atoms with van der Waals surface area (Å²) in [5.74, 6) is 0. The minimum atomic E-state index is -1.87. The molecule has 2 aromatic rings. The molecule has 1 aliphatic heterocycles. The van der Waals surface area contributed by atoms with E-state index in [1.165, 1.54) is 5.56 Å². The Bertz CT molecular complexity index is 761. The fourth-order valence-corrected chi connectivity index (χ4v) is 5.15. The molecule has 0 aliphatic carbocycles. The Kier molecular flexibility index (Phi) is 6.10. The van der Waals surface area contributed by atoms with E-state index in [0.717, 1.165) is 24.9 Å². The molecule has 0 saturated carbocycles. The van der Waals surface area contributed by atoms with Crippen molar-refractivity contribution in [3.63, 3.8) is 0 Å². The van der Waals surface area contributed by atoms with Gasteiger partial charge in [-0.1, -0.05) is 57.2 Å². The molecule has 2 heterocycles. The Hall–Kier alpha value is -1.53. The van der Waals surface area contributed by atoms with Crippen LogP contribution in [0.4, 0.5) is 0 Å². The fourth-order valence-electron chi connectivity index (χ4n) is 3.80. The second-order valence-electron chi connectivity index (χ2n) is 9.59. The van der Waals surface area contributed by atoms with Crippen LogP contribution in [-0.2, 0) is 10.8 Å². The highest BCUT2D eigenvalue weighted by molar-refractivity contribution is 6.74. The summed E-state index contributed by atoms with van der Waals surface area (Å²) in [5.41, 5.74) is 1.60. The van der Waals surface area contributed by atoms with E-state index in [1.807, 2.05) is 18.2 Å². The van der Waals surface area contributed by atoms with Gasteiger partial charge in [0, 0.05) is 24.5 Å². The Morgan fingerprint density at radius 1 is 1.21 bits per heavy atom. The monoisotopic (exact) mass is 398 g/mol. The van der Waals surface area contributed by atoms with Crippen molar-refractivity contribution in [3.8, 4) is 0 Å². The van der Waals surface area contributed by atoms with Gasteiger partial charge in [0.1, 0.15) is 0 Å². The van der Waals surface area contributed by atoms with E-state index in [-0.39, 0.29) is 11.1 Å². The largest absolute Gasteiger partial charge is 0.413 e. The zero-order valence-corrected chi connectivity index (χ0v) is 18.8. The fraction of sp³-hybridized carbons (Fsp3) is 0.522. The molecule has 0 bridgehead atoms. The summed E-state index contributed by atoms with van der Waals surface area (Å²) in [6.45, 7) is 12.1. The normalized spacial score (nSPS) is 24.3. The van der Waals surface area contributed by atoms with Crippen molar-refractivity contribution in [3.05, 3.63) is 66.0 Å². The third-order valence-corrected chi connectivity index (χ3v) is 11.0. The molecule has 3 rings (SSSR count). The van der Waals surface area contributed by atoms with Crippen molar-refractivity contribution in [2.45, 2.75) is 69.5 Å². The first-order valence-corrected chi connectivity index (χ1v) is 13.1. The van der Waals surface area contributed by atoms with E-state index < -0.39 is 20.0 Å². The molecule has 4 nitrogen and oxygen atoms in total. The van der Waals surface area contributed by atoms with Crippen molar-refractivity contribution in [1.82, 2.24) is 10.3 Å². The summed E-state index contributed by atoms with van der Waals surface area (Å²) in [6.07, 6.45) is 4.50. The lowest BCUT2D eigenvalue weighted by atomic mass is 9.81. The maximum atomic E-state index is 11.4. The molecule has 3 atom stereocenters. The number of nitrogens with zero attached hydrogens (tertiary/aromatic N) is 1. The summed E-state index contributed by atoms with van der Waals surface area (Å²) in [7, 11) is -1.87. The van der Waals surface area contributed by atoms with Crippen molar-refractivity contribution in [1.29, 1.82) is 0 Å². The van der Waals surface area contributed by atoms with Crippen molar-refractivity contribution < 1.29 is 9.53 Å². The quantitative estimate of drug-likeness (QED) is 0.705. The molecule has 0 spiro atoms. The van der Waals surface area contributed by atoms with Gasteiger partial charge in [-0.25, -0.2) is 0 Å². The lowest BCUT2D eigenvalue weighted by Gasteiger charge is -2.39.